The molecular formula is C27H26ClF3N4O. The molecule has 2 aliphatic heterocycles. The largest absolute Gasteiger partial charge is 0.416 e. The second-order valence-electron chi connectivity index (χ2n) is 9.35. The van der Waals surface area contributed by atoms with Crippen molar-refractivity contribution in [2.45, 2.75) is 31.7 Å². The molecule has 2 aliphatic rings. The predicted octanol–water partition coefficient (Wildman–Crippen LogP) is 4.93. The second-order valence-corrected chi connectivity index (χ2v) is 9.78. The Hall–Kier alpha value is -3.10. The van der Waals surface area contributed by atoms with E-state index in [1.807, 2.05) is 36.4 Å². The molecule has 1 fully saturated rings. The SMILES string of the molecule is O=C(NCc1ccncc1)[C@H]1Cc2cc(C(F)(F)F)ccc2N2CCN(Cc3ccc(Cl)cc3)C[C@H]12. The van der Waals surface area contributed by atoms with Gasteiger partial charge in [0.05, 0.1) is 17.5 Å². The average molecular weight is 515 g/mol. The highest BCUT2D eigenvalue weighted by molar-refractivity contribution is 6.30. The lowest BCUT2D eigenvalue weighted by Crippen LogP contribution is -2.60. The number of fused-ring (bicyclic) bond motifs is 3. The molecule has 1 amide bonds. The normalized spacial score (nSPS) is 19.9. The molecule has 0 bridgehead atoms. The summed E-state index contributed by atoms with van der Waals surface area (Å²) in [5.41, 5.74) is 2.71. The molecule has 188 valence electrons. The lowest BCUT2D eigenvalue weighted by atomic mass is 9.82. The summed E-state index contributed by atoms with van der Waals surface area (Å²) < 4.78 is 40.3. The van der Waals surface area contributed by atoms with Crippen molar-refractivity contribution in [1.29, 1.82) is 0 Å². The third-order valence-electron chi connectivity index (χ3n) is 7.00. The van der Waals surface area contributed by atoms with Gasteiger partial charge in [-0.25, -0.2) is 0 Å². The summed E-state index contributed by atoms with van der Waals surface area (Å²) in [6.07, 6.45) is -0.845. The number of hydrogen-bond donors (Lipinski definition) is 1. The minimum Gasteiger partial charge on any atom is -0.365 e. The summed E-state index contributed by atoms with van der Waals surface area (Å²) in [7, 11) is 0. The molecule has 1 aromatic heterocycles. The third kappa shape index (κ3) is 5.34. The molecule has 9 heteroatoms. The fraction of sp³-hybridized carbons (Fsp3) is 0.333. The molecule has 5 nitrogen and oxygen atoms in total. The van der Waals surface area contributed by atoms with Crippen molar-refractivity contribution in [2.24, 2.45) is 5.92 Å². The third-order valence-corrected chi connectivity index (χ3v) is 7.25. The maximum Gasteiger partial charge on any atom is 0.416 e. The van der Waals surface area contributed by atoms with Crippen LogP contribution < -0.4 is 10.2 Å². The van der Waals surface area contributed by atoms with Gasteiger partial charge >= 0.3 is 6.18 Å². The lowest BCUT2D eigenvalue weighted by Gasteiger charge is -2.49. The van der Waals surface area contributed by atoms with Crippen LogP contribution in [0.2, 0.25) is 5.02 Å². The van der Waals surface area contributed by atoms with Gasteiger partial charge in [-0.05, 0) is 65.6 Å². The van der Waals surface area contributed by atoms with Gasteiger partial charge in [-0.2, -0.15) is 13.2 Å². The van der Waals surface area contributed by atoms with Crippen molar-refractivity contribution in [3.05, 3.63) is 94.3 Å². The molecule has 0 aliphatic carbocycles. The van der Waals surface area contributed by atoms with Crippen molar-refractivity contribution in [3.8, 4) is 0 Å². The second kappa shape index (κ2) is 10.1. The lowest BCUT2D eigenvalue weighted by molar-refractivity contribution is -0.137. The van der Waals surface area contributed by atoms with E-state index >= 15 is 0 Å². The van der Waals surface area contributed by atoms with Crippen LogP contribution in [0.1, 0.15) is 22.3 Å². The van der Waals surface area contributed by atoms with E-state index in [9.17, 15) is 18.0 Å². The minimum absolute atomic E-state index is 0.146. The van der Waals surface area contributed by atoms with Crippen LogP contribution in [-0.4, -0.2) is 41.5 Å². The summed E-state index contributed by atoms with van der Waals surface area (Å²) in [6.45, 7) is 3.06. The molecule has 0 unspecified atom stereocenters. The van der Waals surface area contributed by atoms with Gasteiger partial charge in [0.25, 0.3) is 0 Å². The zero-order valence-corrected chi connectivity index (χ0v) is 20.3. The Kier molecular flexibility index (Phi) is 6.90. The molecule has 3 heterocycles. The number of benzene rings is 2. The van der Waals surface area contributed by atoms with Gasteiger partial charge in [-0.3, -0.25) is 14.7 Å². The Morgan fingerprint density at radius 1 is 1.03 bits per heavy atom. The Labute approximate surface area is 212 Å². The molecule has 0 spiro atoms. The van der Waals surface area contributed by atoms with Gasteiger partial charge < -0.3 is 10.2 Å². The highest BCUT2D eigenvalue weighted by Gasteiger charge is 2.42. The van der Waals surface area contributed by atoms with Gasteiger partial charge in [0.2, 0.25) is 5.91 Å². The predicted molar refractivity (Wildman–Crippen MR) is 133 cm³/mol. The molecule has 0 saturated carbocycles. The van der Waals surface area contributed by atoms with E-state index in [1.54, 1.807) is 18.5 Å². The summed E-state index contributed by atoms with van der Waals surface area (Å²) in [6, 6.07) is 15.1. The summed E-state index contributed by atoms with van der Waals surface area (Å²) >= 11 is 6.02. The topological polar surface area (TPSA) is 48.5 Å². The van der Waals surface area contributed by atoms with Crippen LogP contribution in [0.3, 0.4) is 0 Å². The summed E-state index contributed by atoms with van der Waals surface area (Å²) in [5.74, 6) is -0.631. The Morgan fingerprint density at radius 3 is 2.50 bits per heavy atom. The number of hydrogen-bond acceptors (Lipinski definition) is 4. The first-order chi connectivity index (χ1) is 17.3. The van der Waals surface area contributed by atoms with Crippen LogP contribution >= 0.6 is 11.6 Å². The first kappa shape index (κ1) is 24.6. The first-order valence-corrected chi connectivity index (χ1v) is 12.3. The maximum atomic E-state index is 13.4. The molecular weight excluding hydrogens is 489 g/mol. The minimum atomic E-state index is -4.43. The van der Waals surface area contributed by atoms with Crippen LogP contribution in [-0.2, 0) is 30.5 Å². The number of carbonyl (C=O) groups is 1. The van der Waals surface area contributed by atoms with Gasteiger partial charge in [0.1, 0.15) is 0 Å². The van der Waals surface area contributed by atoms with Crippen molar-refractivity contribution < 1.29 is 18.0 Å². The Bertz CT molecular complexity index is 1220. The van der Waals surface area contributed by atoms with Crippen molar-refractivity contribution >= 4 is 23.2 Å². The van der Waals surface area contributed by atoms with E-state index in [1.165, 1.54) is 6.07 Å². The highest BCUT2D eigenvalue weighted by Crippen LogP contribution is 2.40. The van der Waals surface area contributed by atoms with Crippen molar-refractivity contribution in [1.82, 2.24) is 15.2 Å². The van der Waals surface area contributed by atoms with Crippen LogP contribution in [0, 0.1) is 5.92 Å². The molecule has 1 N–H and O–H groups in total. The first-order valence-electron chi connectivity index (χ1n) is 11.9. The van der Waals surface area contributed by atoms with E-state index in [4.69, 9.17) is 11.6 Å². The Balaban J connectivity index is 1.40. The van der Waals surface area contributed by atoms with Crippen LogP contribution in [0.5, 0.6) is 0 Å². The number of pyridine rings is 1. The monoisotopic (exact) mass is 514 g/mol. The smallest absolute Gasteiger partial charge is 0.365 e. The van der Waals surface area contributed by atoms with Gasteiger partial charge in [-0.1, -0.05) is 23.7 Å². The van der Waals surface area contributed by atoms with E-state index < -0.39 is 17.7 Å². The highest BCUT2D eigenvalue weighted by atomic mass is 35.5. The number of halogens is 4. The number of alkyl halides is 3. The molecule has 1 saturated heterocycles. The molecule has 0 radical (unpaired) electrons. The van der Waals surface area contributed by atoms with E-state index in [2.05, 4.69) is 20.1 Å². The fourth-order valence-corrected chi connectivity index (χ4v) is 5.30. The zero-order chi connectivity index (χ0) is 25.3. The fourth-order valence-electron chi connectivity index (χ4n) is 5.17. The number of rotatable bonds is 5. The van der Waals surface area contributed by atoms with E-state index in [-0.39, 0.29) is 18.4 Å². The van der Waals surface area contributed by atoms with E-state index in [0.717, 1.165) is 29.4 Å². The van der Waals surface area contributed by atoms with Crippen molar-refractivity contribution in [3.63, 3.8) is 0 Å². The number of nitrogens with one attached hydrogen (secondary N) is 1. The average Bonchev–Trinajstić information content (AvgIpc) is 2.88. The molecule has 36 heavy (non-hydrogen) atoms. The van der Waals surface area contributed by atoms with Crippen LogP contribution in [0.4, 0.5) is 18.9 Å². The van der Waals surface area contributed by atoms with Gasteiger partial charge in [0.15, 0.2) is 0 Å². The summed E-state index contributed by atoms with van der Waals surface area (Å²) in [4.78, 5) is 21.8. The number of anilines is 1. The molecule has 2 aromatic carbocycles. The van der Waals surface area contributed by atoms with Crippen LogP contribution in [0.25, 0.3) is 0 Å². The number of aromatic nitrogens is 1. The molecule has 5 rings (SSSR count). The van der Waals surface area contributed by atoms with Crippen molar-refractivity contribution in [2.75, 3.05) is 24.5 Å². The molecule has 3 aromatic rings. The van der Waals surface area contributed by atoms with Crippen LogP contribution in [0.15, 0.2) is 67.0 Å². The quantitative estimate of drug-likeness (QED) is 0.524. The van der Waals surface area contributed by atoms with Gasteiger partial charge in [-0.15, -0.1) is 0 Å². The Morgan fingerprint density at radius 2 is 1.78 bits per heavy atom. The standard InChI is InChI=1S/C27H26ClF3N4O/c28-22-4-1-19(2-5-22)16-34-11-12-35-24-6-3-21(27(29,30)31)13-20(24)14-23(25(35)17-34)26(36)33-15-18-7-9-32-10-8-18/h1-10,13,23,25H,11-12,14-17H2,(H,33,36)/t23-,25+/m0/s1. The zero-order valence-electron chi connectivity index (χ0n) is 19.5. The number of amides is 1. The van der Waals surface area contributed by atoms with E-state index in [0.29, 0.717) is 36.8 Å². The maximum absolute atomic E-state index is 13.4. The number of nitrogens with zero attached hydrogens (tertiary/aromatic N) is 3. The molecule has 2 atom stereocenters. The summed E-state index contributed by atoms with van der Waals surface area (Å²) in [5, 5.41) is 3.68. The number of carbonyl (C=O) groups excluding carboxylic acids is 1. The number of piperazine rings is 1. The van der Waals surface area contributed by atoms with Gasteiger partial charge in [0, 0.05) is 55.8 Å².